The third-order valence-electron chi connectivity index (χ3n) is 5.18. The van der Waals surface area contributed by atoms with Crippen LogP contribution in [0.1, 0.15) is 11.3 Å². The number of carbonyl (C=O) groups is 1. The summed E-state index contributed by atoms with van der Waals surface area (Å²) in [6.45, 7) is 0.0344. The number of rotatable bonds is 6. The van der Waals surface area contributed by atoms with Crippen LogP contribution in [0.25, 0.3) is 22.1 Å². The second-order valence-electron chi connectivity index (χ2n) is 7.52. The van der Waals surface area contributed by atoms with E-state index in [9.17, 15) is 22.8 Å². The van der Waals surface area contributed by atoms with Gasteiger partial charge < -0.3 is 14.2 Å². The lowest BCUT2D eigenvalue weighted by Crippen LogP contribution is -2.24. The number of anilines is 1. The number of nitrogens with one attached hydrogen (secondary N) is 1. The van der Waals surface area contributed by atoms with Gasteiger partial charge in [-0.1, -0.05) is 36.0 Å². The molecule has 0 saturated heterocycles. The molecule has 0 aliphatic carbocycles. The van der Waals surface area contributed by atoms with Gasteiger partial charge in [0, 0.05) is 5.39 Å². The summed E-state index contributed by atoms with van der Waals surface area (Å²) < 4.78 is 52.1. The van der Waals surface area contributed by atoms with Crippen molar-refractivity contribution in [3.63, 3.8) is 0 Å². The van der Waals surface area contributed by atoms with Crippen LogP contribution in [0.2, 0.25) is 0 Å². The molecule has 0 atom stereocenters. The Morgan fingerprint density at radius 3 is 2.60 bits per heavy atom. The lowest BCUT2D eigenvalue weighted by molar-refractivity contribution is -0.137. The van der Waals surface area contributed by atoms with Crippen molar-refractivity contribution in [2.45, 2.75) is 17.9 Å². The molecule has 0 spiro atoms. The second-order valence-corrected chi connectivity index (χ2v) is 8.46. The molecule has 0 fully saturated rings. The number of carbonyl (C=O) groups excluding carboxylic acids is 1. The van der Waals surface area contributed by atoms with E-state index in [4.69, 9.17) is 8.83 Å². The standard InChI is InChI=1S/C24H16F3N3O4S/c25-24(26,27)16-8-2-3-9-17(16)28-19(31)13-35-23-29-20-15-7-1-4-10-18(15)34-21(20)22(32)30(23)12-14-6-5-11-33-14/h1-11H,12-13H2,(H,28,31). The molecule has 0 saturated carbocycles. The third kappa shape index (κ3) is 4.54. The van der Waals surface area contributed by atoms with Crippen molar-refractivity contribution in [1.29, 1.82) is 0 Å². The first-order valence-electron chi connectivity index (χ1n) is 10.3. The molecule has 3 aromatic heterocycles. The number of halogens is 3. The summed E-state index contributed by atoms with van der Waals surface area (Å²) in [5, 5.41) is 3.13. The fourth-order valence-electron chi connectivity index (χ4n) is 3.62. The highest BCUT2D eigenvalue weighted by molar-refractivity contribution is 7.99. The van der Waals surface area contributed by atoms with E-state index in [2.05, 4.69) is 10.3 Å². The van der Waals surface area contributed by atoms with Crippen LogP contribution in [-0.2, 0) is 17.5 Å². The maximum absolute atomic E-state index is 13.3. The second kappa shape index (κ2) is 8.99. The van der Waals surface area contributed by atoms with Crippen LogP contribution in [0.5, 0.6) is 0 Å². The minimum Gasteiger partial charge on any atom is -0.467 e. The molecule has 7 nitrogen and oxygen atoms in total. The van der Waals surface area contributed by atoms with Crippen LogP contribution in [0.3, 0.4) is 0 Å². The zero-order valence-electron chi connectivity index (χ0n) is 17.8. The van der Waals surface area contributed by atoms with Crippen molar-refractivity contribution in [3.05, 3.63) is 88.6 Å². The zero-order chi connectivity index (χ0) is 24.6. The first-order chi connectivity index (χ1) is 16.8. The number of fused-ring (bicyclic) bond motifs is 3. The van der Waals surface area contributed by atoms with E-state index in [1.807, 2.05) is 0 Å². The quantitative estimate of drug-likeness (QED) is 0.244. The number of nitrogens with zero attached hydrogens (tertiary/aromatic N) is 2. The number of aromatic nitrogens is 2. The Bertz CT molecular complexity index is 1590. The molecule has 5 aromatic rings. The summed E-state index contributed by atoms with van der Waals surface area (Å²) in [7, 11) is 0. The lowest BCUT2D eigenvalue weighted by atomic mass is 10.1. The number of para-hydroxylation sites is 2. The monoisotopic (exact) mass is 499 g/mol. The summed E-state index contributed by atoms with van der Waals surface area (Å²) in [6, 6.07) is 15.1. The van der Waals surface area contributed by atoms with Gasteiger partial charge in [0.15, 0.2) is 5.16 Å². The van der Waals surface area contributed by atoms with Gasteiger partial charge in [0.25, 0.3) is 5.56 Å². The first-order valence-corrected chi connectivity index (χ1v) is 11.3. The predicted octanol–water partition coefficient (Wildman–Crippen LogP) is 5.53. The molecular formula is C24H16F3N3O4S. The molecular weight excluding hydrogens is 483 g/mol. The number of thioether (sulfide) groups is 1. The topological polar surface area (TPSA) is 90.3 Å². The highest BCUT2D eigenvalue weighted by Gasteiger charge is 2.33. The molecule has 0 aliphatic heterocycles. The lowest BCUT2D eigenvalue weighted by Gasteiger charge is -2.14. The van der Waals surface area contributed by atoms with Crippen molar-refractivity contribution in [3.8, 4) is 0 Å². The fraction of sp³-hybridized carbons (Fsp3) is 0.125. The smallest absolute Gasteiger partial charge is 0.418 e. The number of hydrogen-bond acceptors (Lipinski definition) is 6. The van der Waals surface area contributed by atoms with Crippen LogP contribution >= 0.6 is 11.8 Å². The van der Waals surface area contributed by atoms with Crippen LogP contribution in [0.15, 0.2) is 85.7 Å². The summed E-state index contributed by atoms with van der Waals surface area (Å²) >= 11 is 0.926. The van der Waals surface area contributed by atoms with E-state index in [-0.39, 0.29) is 28.7 Å². The maximum atomic E-state index is 13.3. The molecule has 2 aromatic carbocycles. The molecule has 11 heteroatoms. The van der Waals surface area contributed by atoms with E-state index in [0.29, 0.717) is 22.2 Å². The van der Waals surface area contributed by atoms with Gasteiger partial charge >= 0.3 is 6.18 Å². The van der Waals surface area contributed by atoms with Gasteiger partial charge in [-0.25, -0.2) is 4.98 Å². The van der Waals surface area contributed by atoms with Crippen molar-refractivity contribution in [2.75, 3.05) is 11.1 Å². The van der Waals surface area contributed by atoms with Crippen molar-refractivity contribution in [1.82, 2.24) is 9.55 Å². The number of furan rings is 2. The molecule has 0 unspecified atom stereocenters. The number of amides is 1. The summed E-state index contributed by atoms with van der Waals surface area (Å²) in [5.74, 6) is -0.477. The number of benzene rings is 2. The fourth-order valence-corrected chi connectivity index (χ4v) is 4.41. The van der Waals surface area contributed by atoms with E-state index in [1.54, 1.807) is 36.4 Å². The average Bonchev–Trinajstić information content (AvgIpc) is 3.47. The van der Waals surface area contributed by atoms with Crippen LogP contribution in [0.4, 0.5) is 18.9 Å². The van der Waals surface area contributed by atoms with Crippen molar-refractivity contribution >= 4 is 45.4 Å². The van der Waals surface area contributed by atoms with E-state index in [0.717, 1.165) is 17.8 Å². The Morgan fingerprint density at radius 1 is 1.06 bits per heavy atom. The van der Waals surface area contributed by atoms with Gasteiger partial charge in [-0.15, -0.1) is 0 Å². The predicted molar refractivity (Wildman–Crippen MR) is 124 cm³/mol. The van der Waals surface area contributed by atoms with Crippen molar-refractivity contribution < 1.29 is 26.8 Å². The van der Waals surface area contributed by atoms with Crippen LogP contribution in [-0.4, -0.2) is 21.2 Å². The minimum atomic E-state index is -4.62. The Kier molecular flexibility index (Phi) is 5.85. The SMILES string of the molecule is O=C(CSc1nc2c(oc3ccccc32)c(=O)n1Cc1ccco1)Nc1ccccc1C(F)(F)F. The van der Waals surface area contributed by atoms with Gasteiger partial charge in [0.05, 0.1) is 29.8 Å². The normalized spacial score (nSPS) is 11.9. The van der Waals surface area contributed by atoms with E-state index in [1.165, 1.54) is 29.0 Å². The van der Waals surface area contributed by atoms with Gasteiger partial charge in [-0.3, -0.25) is 14.2 Å². The number of alkyl halides is 3. The highest BCUT2D eigenvalue weighted by Crippen LogP contribution is 2.35. The van der Waals surface area contributed by atoms with E-state index < -0.39 is 23.2 Å². The molecule has 1 amide bonds. The summed E-state index contributed by atoms with van der Waals surface area (Å²) in [6.07, 6.45) is -3.15. The summed E-state index contributed by atoms with van der Waals surface area (Å²) in [4.78, 5) is 30.4. The van der Waals surface area contributed by atoms with Gasteiger partial charge in [-0.2, -0.15) is 13.2 Å². The molecule has 0 aliphatic rings. The Morgan fingerprint density at radius 2 is 1.83 bits per heavy atom. The maximum Gasteiger partial charge on any atom is 0.418 e. The largest absolute Gasteiger partial charge is 0.467 e. The highest BCUT2D eigenvalue weighted by atomic mass is 32.2. The van der Waals surface area contributed by atoms with Crippen molar-refractivity contribution in [2.24, 2.45) is 0 Å². The first kappa shape index (κ1) is 22.8. The molecule has 0 bridgehead atoms. The van der Waals surface area contributed by atoms with Gasteiger partial charge in [0.2, 0.25) is 11.5 Å². The average molecular weight is 499 g/mol. The van der Waals surface area contributed by atoms with Crippen LogP contribution in [0, 0.1) is 0 Å². The Hall–Kier alpha value is -3.99. The van der Waals surface area contributed by atoms with E-state index >= 15 is 0 Å². The molecule has 3 heterocycles. The molecule has 35 heavy (non-hydrogen) atoms. The zero-order valence-corrected chi connectivity index (χ0v) is 18.7. The molecule has 5 rings (SSSR count). The van der Waals surface area contributed by atoms with Gasteiger partial charge in [-0.05, 0) is 36.4 Å². The molecule has 178 valence electrons. The summed E-state index contributed by atoms with van der Waals surface area (Å²) in [5.41, 5.74) is -0.870. The molecule has 0 radical (unpaired) electrons. The van der Waals surface area contributed by atoms with Gasteiger partial charge in [0.1, 0.15) is 16.9 Å². The van der Waals surface area contributed by atoms with Crippen LogP contribution < -0.4 is 10.9 Å². The third-order valence-corrected chi connectivity index (χ3v) is 6.16. The Balaban J connectivity index is 1.48. The Labute approximate surface area is 199 Å². The number of hydrogen-bond donors (Lipinski definition) is 1. The molecule has 1 N–H and O–H groups in total. The minimum absolute atomic E-state index is 0.0344.